The number of hydrogen-bond acceptors (Lipinski definition) is 2. The second kappa shape index (κ2) is 4.13. The molecule has 0 bridgehead atoms. The van der Waals surface area contributed by atoms with Crippen LogP contribution in [0.1, 0.15) is 26.2 Å². The Labute approximate surface area is 95.1 Å². The molecule has 1 aromatic carbocycles. The van der Waals surface area contributed by atoms with Gasteiger partial charge in [0.1, 0.15) is 11.4 Å². The van der Waals surface area contributed by atoms with Crippen molar-refractivity contribution in [3.63, 3.8) is 0 Å². The first-order chi connectivity index (χ1) is 7.66. The molecule has 2 atom stereocenters. The van der Waals surface area contributed by atoms with Crippen molar-refractivity contribution in [3.8, 4) is 6.07 Å². The van der Waals surface area contributed by atoms with E-state index in [-0.39, 0.29) is 5.82 Å². The number of hydrogen-bond donors (Lipinski definition) is 1. The molecule has 1 aromatic rings. The second-order valence-corrected chi connectivity index (χ2v) is 4.51. The largest absolute Gasteiger partial charge is 0.367 e. The molecular formula is C13H15FN2. The van der Waals surface area contributed by atoms with Gasteiger partial charge in [0, 0.05) is 5.69 Å². The normalized spacial score (nSPS) is 28.7. The van der Waals surface area contributed by atoms with Crippen molar-refractivity contribution in [1.29, 1.82) is 5.26 Å². The zero-order valence-electron chi connectivity index (χ0n) is 9.33. The third kappa shape index (κ3) is 1.88. The Bertz CT molecular complexity index is 407. The maximum atomic E-state index is 12.8. The zero-order valence-corrected chi connectivity index (χ0v) is 9.33. The molecule has 0 aliphatic heterocycles. The van der Waals surface area contributed by atoms with E-state index in [0.717, 1.165) is 24.9 Å². The molecule has 0 amide bonds. The Morgan fingerprint density at radius 2 is 2.12 bits per heavy atom. The Balaban J connectivity index is 2.19. The second-order valence-electron chi connectivity index (χ2n) is 4.51. The maximum Gasteiger partial charge on any atom is 0.127 e. The first-order valence-electron chi connectivity index (χ1n) is 5.61. The minimum atomic E-state index is -0.474. The van der Waals surface area contributed by atoms with E-state index in [0.29, 0.717) is 5.92 Å². The lowest BCUT2D eigenvalue weighted by Crippen LogP contribution is -2.39. The highest BCUT2D eigenvalue weighted by Gasteiger charge is 2.40. The molecule has 3 heteroatoms. The molecule has 16 heavy (non-hydrogen) atoms. The number of nitrogens with zero attached hydrogens (tertiary/aromatic N) is 1. The third-order valence-electron chi connectivity index (χ3n) is 3.46. The summed E-state index contributed by atoms with van der Waals surface area (Å²) in [6.45, 7) is 2.09. The zero-order chi connectivity index (χ0) is 11.6. The van der Waals surface area contributed by atoms with Gasteiger partial charge in [-0.25, -0.2) is 4.39 Å². The lowest BCUT2D eigenvalue weighted by molar-refractivity contribution is 0.464. The molecule has 1 aliphatic carbocycles. The Morgan fingerprint density at radius 3 is 2.62 bits per heavy atom. The fourth-order valence-corrected chi connectivity index (χ4v) is 2.35. The molecule has 0 radical (unpaired) electrons. The molecule has 1 aliphatic rings. The minimum absolute atomic E-state index is 0.254. The predicted molar refractivity (Wildman–Crippen MR) is 61.4 cm³/mol. The van der Waals surface area contributed by atoms with E-state index in [4.69, 9.17) is 0 Å². The van der Waals surface area contributed by atoms with Gasteiger partial charge in [0.25, 0.3) is 0 Å². The van der Waals surface area contributed by atoms with Crippen molar-refractivity contribution in [2.45, 2.75) is 31.7 Å². The Hall–Kier alpha value is -1.56. The van der Waals surface area contributed by atoms with E-state index in [1.54, 1.807) is 12.1 Å². The van der Waals surface area contributed by atoms with Crippen LogP contribution in [0.4, 0.5) is 10.1 Å². The Kier molecular flexibility index (Phi) is 2.82. The van der Waals surface area contributed by atoms with Crippen molar-refractivity contribution >= 4 is 5.69 Å². The van der Waals surface area contributed by atoms with Gasteiger partial charge in [-0.05, 0) is 49.4 Å². The van der Waals surface area contributed by atoms with Crippen LogP contribution in [0.2, 0.25) is 0 Å². The summed E-state index contributed by atoms with van der Waals surface area (Å²) in [4.78, 5) is 0. The van der Waals surface area contributed by atoms with E-state index in [1.165, 1.54) is 12.1 Å². The van der Waals surface area contributed by atoms with Crippen LogP contribution in [0.25, 0.3) is 0 Å². The quantitative estimate of drug-likeness (QED) is 0.826. The SMILES string of the molecule is CC1CCCC1(C#N)Nc1ccc(F)cc1. The molecule has 1 fully saturated rings. The number of nitriles is 1. The molecule has 2 nitrogen and oxygen atoms in total. The average Bonchev–Trinajstić information content (AvgIpc) is 2.64. The van der Waals surface area contributed by atoms with Crippen molar-refractivity contribution in [2.75, 3.05) is 5.32 Å². The van der Waals surface area contributed by atoms with E-state index in [9.17, 15) is 9.65 Å². The van der Waals surface area contributed by atoms with Gasteiger partial charge in [0.2, 0.25) is 0 Å². The van der Waals surface area contributed by atoms with E-state index in [2.05, 4.69) is 18.3 Å². The van der Waals surface area contributed by atoms with Crippen LogP contribution in [-0.2, 0) is 0 Å². The van der Waals surface area contributed by atoms with Gasteiger partial charge in [-0.2, -0.15) is 5.26 Å². The molecule has 84 valence electrons. The van der Waals surface area contributed by atoms with Crippen molar-refractivity contribution in [1.82, 2.24) is 0 Å². The van der Waals surface area contributed by atoms with E-state index < -0.39 is 5.54 Å². The highest BCUT2D eigenvalue weighted by molar-refractivity contribution is 5.48. The first kappa shape index (κ1) is 10.9. The van der Waals surface area contributed by atoms with Gasteiger partial charge in [-0.15, -0.1) is 0 Å². The highest BCUT2D eigenvalue weighted by atomic mass is 19.1. The highest BCUT2D eigenvalue weighted by Crippen LogP contribution is 2.37. The molecule has 0 heterocycles. The average molecular weight is 218 g/mol. The number of halogens is 1. The van der Waals surface area contributed by atoms with Crippen LogP contribution in [0.3, 0.4) is 0 Å². The summed E-state index contributed by atoms with van der Waals surface area (Å²) < 4.78 is 12.8. The van der Waals surface area contributed by atoms with Crippen LogP contribution < -0.4 is 5.32 Å². The number of rotatable bonds is 2. The summed E-state index contributed by atoms with van der Waals surface area (Å²) in [6.07, 6.45) is 3.01. The predicted octanol–water partition coefficient (Wildman–Crippen LogP) is 3.32. The number of benzene rings is 1. The molecule has 2 unspecified atom stereocenters. The van der Waals surface area contributed by atoms with Crippen LogP contribution in [0, 0.1) is 23.1 Å². The fraction of sp³-hybridized carbons (Fsp3) is 0.462. The van der Waals surface area contributed by atoms with Crippen LogP contribution in [0.5, 0.6) is 0 Å². The van der Waals surface area contributed by atoms with Crippen LogP contribution in [-0.4, -0.2) is 5.54 Å². The van der Waals surface area contributed by atoms with Gasteiger partial charge < -0.3 is 5.32 Å². The summed E-state index contributed by atoms with van der Waals surface area (Å²) in [5.74, 6) is 0.0820. The lowest BCUT2D eigenvalue weighted by atomic mass is 9.89. The van der Waals surface area contributed by atoms with E-state index >= 15 is 0 Å². The van der Waals surface area contributed by atoms with Crippen molar-refractivity contribution in [3.05, 3.63) is 30.1 Å². The monoisotopic (exact) mass is 218 g/mol. The lowest BCUT2D eigenvalue weighted by Gasteiger charge is -2.28. The summed E-state index contributed by atoms with van der Waals surface area (Å²) in [7, 11) is 0. The van der Waals surface area contributed by atoms with Gasteiger partial charge in [0.05, 0.1) is 6.07 Å². The maximum absolute atomic E-state index is 12.8. The minimum Gasteiger partial charge on any atom is -0.367 e. The van der Waals surface area contributed by atoms with Gasteiger partial charge in [-0.3, -0.25) is 0 Å². The summed E-state index contributed by atoms with van der Waals surface area (Å²) >= 11 is 0. The topological polar surface area (TPSA) is 35.8 Å². The number of anilines is 1. The molecule has 0 saturated heterocycles. The molecule has 0 aromatic heterocycles. The standard InChI is InChI=1S/C13H15FN2/c1-10-3-2-8-13(10,9-15)16-12-6-4-11(14)5-7-12/h4-7,10,16H,2-3,8H2,1H3. The van der Waals surface area contributed by atoms with Gasteiger partial charge in [-0.1, -0.05) is 6.92 Å². The van der Waals surface area contributed by atoms with Gasteiger partial charge in [0.15, 0.2) is 0 Å². The Morgan fingerprint density at radius 1 is 1.44 bits per heavy atom. The van der Waals surface area contributed by atoms with E-state index in [1.807, 2.05) is 0 Å². The van der Waals surface area contributed by atoms with Crippen molar-refractivity contribution in [2.24, 2.45) is 5.92 Å². The molecular weight excluding hydrogens is 203 g/mol. The molecule has 2 rings (SSSR count). The van der Waals surface area contributed by atoms with Crippen LogP contribution in [0.15, 0.2) is 24.3 Å². The fourth-order valence-electron chi connectivity index (χ4n) is 2.35. The smallest absolute Gasteiger partial charge is 0.127 e. The molecule has 0 spiro atoms. The summed E-state index contributed by atoms with van der Waals surface area (Å²) in [5, 5.41) is 12.6. The van der Waals surface area contributed by atoms with Gasteiger partial charge >= 0.3 is 0 Å². The molecule has 1 saturated carbocycles. The first-order valence-corrected chi connectivity index (χ1v) is 5.61. The summed E-state index contributed by atoms with van der Waals surface area (Å²) in [6, 6.07) is 8.56. The number of nitrogens with one attached hydrogen (secondary N) is 1. The summed E-state index contributed by atoms with van der Waals surface area (Å²) in [5.41, 5.74) is 0.342. The van der Waals surface area contributed by atoms with Crippen molar-refractivity contribution < 1.29 is 4.39 Å². The van der Waals surface area contributed by atoms with Crippen LogP contribution >= 0.6 is 0 Å². The third-order valence-corrected chi connectivity index (χ3v) is 3.46. The molecule has 1 N–H and O–H groups in total.